The number of nitrogens with zero attached hydrogens (tertiary/aromatic N) is 4. The first-order valence-corrected chi connectivity index (χ1v) is 8.18. The van der Waals surface area contributed by atoms with E-state index in [1.54, 1.807) is 30.5 Å². The first-order valence-electron chi connectivity index (χ1n) is 8.18. The van der Waals surface area contributed by atoms with Gasteiger partial charge >= 0.3 is 6.18 Å². The van der Waals surface area contributed by atoms with Gasteiger partial charge in [0, 0.05) is 30.2 Å². The minimum absolute atomic E-state index is 0.113. The van der Waals surface area contributed by atoms with Crippen LogP contribution in [0.1, 0.15) is 19.5 Å². The highest BCUT2D eigenvalue weighted by Gasteiger charge is 2.32. The number of alkyl halides is 3. The third-order valence-corrected chi connectivity index (χ3v) is 3.38. The summed E-state index contributed by atoms with van der Waals surface area (Å²) < 4.78 is 38.6. The Bertz CT molecular complexity index is 912. The second-order valence-corrected chi connectivity index (χ2v) is 6.03. The van der Waals surface area contributed by atoms with E-state index in [2.05, 4.69) is 30.6 Å². The van der Waals surface area contributed by atoms with Crippen LogP contribution in [-0.4, -0.2) is 26.0 Å². The molecule has 140 valence electrons. The molecule has 0 aromatic carbocycles. The van der Waals surface area contributed by atoms with Gasteiger partial charge in [0.15, 0.2) is 5.82 Å². The van der Waals surface area contributed by atoms with Crippen LogP contribution in [0.3, 0.4) is 0 Å². The summed E-state index contributed by atoms with van der Waals surface area (Å²) in [5.41, 5.74) is -0.204. The SMILES string of the molecule is CC(C)Nc1cc(Nc2ccnc(C(F)(F)F)c2)nc(-c2ccccn2)n1. The van der Waals surface area contributed by atoms with Gasteiger partial charge in [-0.1, -0.05) is 6.07 Å². The van der Waals surface area contributed by atoms with E-state index in [1.807, 2.05) is 13.8 Å². The Morgan fingerprint density at radius 2 is 1.70 bits per heavy atom. The molecule has 0 radical (unpaired) electrons. The van der Waals surface area contributed by atoms with Crippen LogP contribution in [0.25, 0.3) is 11.5 Å². The van der Waals surface area contributed by atoms with Gasteiger partial charge in [0.1, 0.15) is 23.0 Å². The maximum atomic E-state index is 12.9. The Labute approximate surface area is 153 Å². The summed E-state index contributed by atoms with van der Waals surface area (Å²) in [6.07, 6.45) is -1.81. The lowest BCUT2D eigenvalue weighted by atomic mass is 10.3. The van der Waals surface area contributed by atoms with E-state index in [1.165, 1.54) is 6.07 Å². The van der Waals surface area contributed by atoms with Crippen molar-refractivity contribution in [1.29, 1.82) is 0 Å². The average Bonchev–Trinajstić information content (AvgIpc) is 2.61. The summed E-state index contributed by atoms with van der Waals surface area (Å²) in [6.45, 7) is 3.91. The zero-order valence-electron chi connectivity index (χ0n) is 14.6. The molecule has 0 saturated carbocycles. The summed E-state index contributed by atoms with van der Waals surface area (Å²) in [6, 6.07) is 9.44. The van der Waals surface area contributed by atoms with Crippen molar-refractivity contribution >= 4 is 17.3 Å². The maximum Gasteiger partial charge on any atom is 0.433 e. The molecule has 0 aliphatic heterocycles. The number of hydrogen-bond donors (Lipinski definition) is 2. The summed E-state index contributed by atoms with van der Waals surface area (Å²) in [5.74, 6) is 1.23. The first-order chi connectivity index (χ1) is 12.8. The van der Waals surface area contributed by atoms with E-state index < -0.39 is 11.9 Å². The Morgan fingerprint density at radius 1 is 0.926 bits per heavy atom. The predicted molar refractivity (Wildman–Crippen MR) is 96.5 cm³/mol. The quantitative estimate of drug-likeness (QED) is 0.684. The van der Waals surface area contributed by atoms with Crippen LogP contribution in [0, 0.1) is 0 Å². The summed E-state index contributed by atoms with van der Waals surface area (Å²) in [7, 11) is 0. The van der Waals surface area contributed by atoms with E-state index in [0.29, 0.717) is 23.2 Å². The molecule has 0 bridgehead atoms. The van der Waals surface area contributed by atoms with Crippen LogP contribution in [0.2, 0.25) is 0 Å². The highest BCUT2D eigenvalue weighted by atomic mass is 19.4. The van der Waals surface area contributed by atoms with E-state index >= 15 is 0 Å². The minimum Gasteiger partial charge on any atom is -0.368 e. The van der Waals surface area contributed by atoms with Crippen molar-refractivity contribution in [3.8, 4) is 11.5 Å². The molecule has 3 aromatic rings. The molecule has 3 heterocycles. The lowest BCUT2D eigenvalue weighted by Crippen LogP contribution is -2.12. The lowest BCUT2D eigenvalue weighted by Gasteiger charge is -2.14. The van der Waals surface area contributed by atoms with E-state index in [-0.39, 0.29) is 11.7 Å². The molecule has 0 aliphatic carbocycles. The summed E-state index contributed by atoms with van der Waals surface area (Å²) in [5, 5.41) is 6.05. The third-order valence-electron chi connectivity index (χ3n) is 3.38. The van der Waals surface area contributed by atoms with Gasteiger partial charge in [0.2, 0.25) is 0 Å². The van der Waals surface area contributed by atoms with E-state index in [4.69, 9.17) is 0 Å². The number of pyridine rings is 2. The lowest BCUT2D eigenvalue weighted by molar-refractivity contribution is -0.141. The van der Waals surface area contributed by atoms with Crippen molar-refractivity contribution in [2.24, 2.45) is 0 Å². The number of rotatable bonds is 5. The van der Waals surface area contributed by atoms with Gasteiger partial charge in [-0.2, -0.15) is 13.2 Å². The van der Waals surface area contributed by atoms with Crippen molar-refractivity contribution in [3.63, 3.8) is 0 Å². The molecule has 6 nitrogen and oxygen atoms in total. The highest BCUT2D eigenvalue weighted by molar-refractivity contribution is 5.63. The van der Waals surface area contributed by atoms with Gasteiger partial charge in [-0.05, 0) is 38.1 Å². The molecule has 0 fully saturated rings. The molecule has 9 heteroatoms. The molecule has 3 aromatic heterocycles. The smallest absolute Gasteiger partial charge is 0.368 e. The van der Waals surface area contributed by atoms with Crippen LogP contribution < -0.4 is 10.6 Å². The number of anilines is 3. The molecular weight excluding hydrogens is 357 g/mol. The molecule has 27 heavy (non-hydrogen) atoms. The van der Waals surface area contributed by atoms with Gasteiger partial charge in [-0.3, -0.25) is 9.97 Å². The first kappa shape index (κ1) is 18.6. The molecule has 0 atom stereocenters. The van der Waals surface area contributed by atoms with Crippen molar-refractivity contribution in [3.05, 3.63) is 54.5 Å². The normalized spacial score (nSPS) is 11.5. The molecule has 0 amide bonds. The Kier molecular flexibility index (Phi) is 5.20. The van der Waals surface area contributed by atoms with Crippen molar-refractivity contribution in [2.45, 2.75) is 26.1 Å². The number of halogens is 3. The van der Waals surface area contributed by atoms with Crippen LogP contribution in [0.15, 0.2) is 48.8 Å². The van der Waals surface area contributed by atoms with Gasteiger partial charge in [-0.15, -0.1) is 0 Å². The second kappa shape index (κ2) is 7.56. The van der Waals surface area contributed by atoms with Gasteiger partial charge in [0.25, 0.3) is 0 Å². The predicted octanol–water partition coefficient (Wildman–Crippen LogP) is 4.52. The monoisotopic (exact) mass is 374 g/mol. The summed E-state index contributed by atoms with van der Waals surface area (Å²) >= 11 is 0. The van der Waals surface area contributed by atoms with Crippen LogP contribution >= 0.6 is 0 Å². The Hall–Kier alpha value is -3.23. The van der Waals surface area contributed by atoms with Crippen molar-refractivity contribution in [2.75, 3.05) is 10.6 Å². The van der Waals surface area contributed by atoms with Crippen molar-refractivity contribution < 1.29 is 13.2 Å². The molecule has 2 N–H and O–H groups in total. The molecule has 0 saturated heterocycles. The molecule has 0 unspecified atom stereocenters. The van der Waals surface area contributed by atoms with Gasteiger partial charge in [-0.25, -0.2) is 9.97 Å². The Balaban J connectivity index is 1.97. The summed E-state index contributed by atoms with van der Waals surface area (Å²) in [4.78, 5) is 16.4. The fourth-order valence-electron chi connectivity index (χ4n) is 2.30. The van der Waals surface area contributed by atoms with Crippen LogP contribution in [0.4, 0.5) is 30.5 Å². The molecular formula is C18H17F3N6. The van der Waals surface area contributed by atoms with E-state index in [0.717, 1.165) is 12.3 Å². The molecule has 0 aliphatic rings. The Morgan fingerprint density at radius 3 is 2.37 bits per heavy atom. The second-order valence-electron chi connectivity index (χ2n) is 6.03. The van der Waals surface area contributed by atoms with Gasteiger partial charge in [0.05, 0.1) is 0 Å². The largest absolute Gasteiger partial charge is 0.433 e. The topological polar surface area (TPSA) is 75.6 Å². The fourth-order valence-corrected chi connectivity index (χ4v) is 2.30. The average molecular weight is 374 g/mol. The fraction of sp³-hybridized carbons (Fsp3) is 0.222. The molecule has 3 rings (SSSR count). The number of nitrogens with one attached hydrogen (secondary N) is 2. The zero-order valence-corrected chi connectivity index (χ0v) is 14.6. The zero-order chi connectivity index (χ0) is 19.4. The number of aromatic nitrogens is 4. The number of hydrogen-bond acceptors (Lipinski definition) is 6. The van der Waals surface area contributed by atoms with Crippen LogP contribution in [0.5, 0.6) is 0 Å². The highest BCUT2D eigenvalue weighted by Crippen LogP contribution is 2.30. The van der Waals surface area contributed by atoms with E-state index in [9.17, 15) is 13.2 Å². The minimum atomic E-state index is -4.52. The van der Waals surface area contributed by atoms with Crippen molar-refractivity contribution in [1.82, 2.24) is 19.9 Å². The maximum absolute atomic E-state index is 12.9. The molecule has 0 spiro atoms. The standard InChI is InChI=1S/C18H17F3N6/c1-11(2)24-15-10-16(27-17(26-15)13-5-3-4-7-22-13)25-12-6-8-23-14(9-12)18(19,20)21/h3-11H,1-2H3,(H2,23,24,25,26,27). The van der Waals surface area contributed by atoms with Gasteiger partial charge < -0.3 is 10.6 Å². The third kappa shape index (κ3) is 4.90. The van der Waals surface area contributed by atoms with Crippen LogP contribution in [-0.2, 0) is 6.18 Å².